The van der Waals surface area contributed by atoms with Crippen molar-refractivity contribution < 1.29 is 4.79 Å². The summed E-state index contributed by atoms with van der Waals surface area (Å²) < 4.78 is 1.58. The molecule has 0 saturated heterocycles. The molecular formula is C22H21N5O. The van der Waals surface area contributed by atoms with Gasteiger partial charge in [0, 0.05) is 12.6 Å². The van der Waals surface area contributed by atoms with Crippen molar-refractivity contribution in [3.8, 4) is 11.8 Å². The molecule has 0 aliphatic heterocycles. The zero-order chi connectivity index (χ0) is 19.8. The number of aromatic nitrogens is 2. The molecule has 28 heavy (non-hydrogen) atoms. The number of carbonyl (C=O) groups excluding carboxylic acids is 1. The van der Waals surface area contributed by atoms with E-state index in [-0.39, 0.29) is 5.91 Å². The lowest BCUT2D eigenvalue weighted by molar-refractivity contribution is -0.116. The minimum absolute atomic E-state index is 0.154. The van der Waals surface area contributed by atoms with Gasteiger partial charge < -0.3 is 11.1 Å². The standard InChI is InChI=1S/C22H21N5O/c23-16-19-20(26-27(22(19)24)18-10-5-2-6-11-18)12-7-15-25-21(28)14-13-17-8-3-1-4-9-17/h1-6,8-11,13-14H,7,12,15,24H2,(H,25,28). The highest BCUT2D eigenvalue weighted by molar-refractivity contribution is 5.91. The molecule has 0 aliphatic rings. The highest BCUT2D eigenvalue weighted by Crippen LogP contribution is 2.21. The van der Waals surface area contributed by atoms with Crippen molar-refractivity contribution in [1.29, 1.82) is 5.26 Å². The number of nitrogens with one attached hydrogen (secondary N) is 1. The Balaban J connectivity index is 1.56. The number of hydrogen-bond acceptors (Lipinski definition) is 4. The second-order valence-electron chi connectivity index (χ2n) is 6.20. The lowest BCUT2D eigenvalue weighted by Gasteiger charge is -2.02. The smallest absolute Gasteiger partial charge is 0.243 e. The van der Waals surface area contributed by atoms with Crippen molar-refractivity contribution in [2.75, 3.05) is 12.3 Å². The first-order chi connectivity index (χ1) is 13.7. The molecule has 1 heterocycles. The number of hydrogen-bond donors (Lipinski definition) is 2. The SMILES string of the molecule is N#Cc1c(CCCNC(=O)C=Cc2ccccc2)nn(-c2ccccc2)c1N. The van der Waals surface area contributed by atoms with Gasteiger partial charge in [0.15, 0.2) is 0 Å². The summed E-state index contributed by atoms with van der Waals surface area (Å²) in [6.45, 7) is 0.487. The van der Waals surface area contributed by atoms with E-state index >= 15 is 0 Å². The summed E-state index contributed by atoms with van der Waals surface area (Å²) in [5.41, 5.74) is 8.90. The van der Waals surface area contributed by atoms with Crippen LogP contribution in [0.1, 0.15) is 23.2 Å². The van der Waals surface area contributed by atoms with Crippen molar-refractivity contribution in [2.24, 2.45) is 0 Å². The molecule has 0 atom stereocenters. The summed E-state index contributed by atoms with van der Waals surface area (Å²) in [5, 5.41) is 16.7. The maximum atomic E-state index is 11.9. The Labute approximate surface area is 163 Å². The number of amides is 1. The first kappa shape index (κ1) is 18.9. The molecule has 0 aliphatic carbocycles. The zero-order valence-electron chi connectivity index (χ0n) is 15.4. The molecule has 3 aromatic rings. The largest absolute Gasteiger partial charge is 0.382 e. The van der Waals surface area contributed by atoms with E-state index in [0.717, 1.165) is 11.3 Å². The summed E-state index contributed by atoms with van der Waals surface area (Å²) >= 11 is 0. The van der Waals surface area contributed by atoms with Gasteiger partial charge in [-0.15, -0.1) is 0 Å². The number of anilines is 1. The van der Waals surface area contributed by atoms with Gasteiger partial charge in [0.05, 0.1) is 11.4 Å². The first-order valence-corrected chi connectivity index (χ1v) is 9.03. The number of nitrogens with two attached hydrogens (primary N) is 1. The van der Waals surface area contributed by atoms with Gasteiger partial charge in [-0.25, -0.2) is 4.68 Å². The molecule has 2 aromatic carbocycles. The lowest BCUT2D eigenvalue weighted by Crippen LogP contribution is -2.22. The van der Waals surface area contributed by atoms with Gasteiger partial charge in [0.2, 0.25) is 5.91 Å². The van der Waals surface area contributed by atoms with Crippen LogP contribution in [0.2, 0.25) is 0 Å². The van der Waals surface area contributed by atoms with E-state index in [1.807, 2.05) is 60.7 Å². The van der Waals surface area contributed by atoms with Crippen LogP contribution in [0.15, 0.2) is 66.7 Å². The van der Waals surface area contributed by atoms with Crippen LogP contribution in [0.5, 0.6) is 0 Å². The van der Waals surface area contributed by atoms with Crippen molar-refractivity contribution in [2.45, 2.75) is 12.8 Å². The van der Waals surface area contributed by atoms with Crippen LogP contribution in [-0.4, -0.2) is 22.2 Å². The number of benzene rings is 2. The van der Waals surface area contributed by atoms with Gasteiger partial charge in [0.25, 0.3) is 0 Å². The molecular weight excluding hydrogens is 350 g/mol. The molecule has 0 spiro atoms. The molecule has 0 radical (unpaired) electrons. The topological polar surface area (TPSA) is 96.7 Å². The van der Waals surface area contributed by atoms with Gasteiger partial charge in [0.1, 0.15) is 17.5 Å². The minimum atomic E-state index is -0.154. The van der Waals surface area contributed by atoms with Gasteiger partial charge in [-0.3, -0.25) is 4.79 Å². The Bertz CT molecular complexity index is 1000. The molecule has 6 nitrogen and oxygen atoms in total. The van der Waals surface area contributed by atoms with Crippen molar-refractivity contribution in [1.82, 2.24) is 15.1 Å². The molecule has 140 valence electrons. The predicted octanol–water partition coefficient (Wildman–Crippen LogP) is 3.09. The number of nitriles is 1. The Morgan fingerprint density at radius 3 is 2.50 bits per heavy atom. The number of nitrogens with zero attached hydrogens (tertiary/aromatic N) is 3. The lowest BCUT2D eigenvalue weighted by atomic mass is 10.1. The Kier molecular flexibility index (Phi) is 6.21. The van der Waals surface area contributed by atoms with Gasteiger partial charge >= 0.3 is 0 Å². The van der Waals surface area contributed by atoms with Crippen LogP contribution in [0.25, 0.3) is 11.8 Å². The molecule has 6 heteroatoms. The molecule has 3 N–H and O–H groups in total. The Morgan fingerprint density at radius 2 is 1.82 bits per heavy atom. The number of rotatable bonds is 7. The molecule has 1 amide bonds. The van der Waals surface area contributed by atoms with E-state index < -0.39 is 0 Å². The van der Waals surface area contributed by atoms with Crippen LogP contribution < -0.4 is 11.1 Å². The summed E-state index contributed by atoms with van der Waals surface area (Å²) in [7, 11) is 0. The van der Waals surface area contributed by atoms with Crippen molar-refractivity contribution in [3.05, 3.63) is 83.6 Å². The molecule has 3 rings (SSSR count). The maximum absolute atomic E-state index is 11.9. The molecule has 0 saturated carbocycles. The van der Waals surface area contributed by atoms with Crippen LogP contribution >= 0.6 is 0 Å². The van der Waals surface area contributed by atoms with E-state index in [0.29, 0.717) is 36.5 Å². The average molecular weight is 371 g/mol. The quantitative estimate of drug-likeness (QED) is 0.493. The first-order valence-electron chi connectivity index (χ1n) is 9.03. The highest BCUT2D eigenvalue weighted by atomic mass is 16.1. The van der Waals surface area contributed by atoms with Crippen LogP contribution in [-0.2, 0) is 11.2 Å². The summed E-state index contributed by atoms with van der Waals surface area (Å²) in [5.74, 6) is 0.178. The summed E-state index contributed by atoms with van der Waals surface area (Å²) in [6, 6.07) is 21.2. The fraction of sp³-hybridized carbons (Fsp3) is 0.136. The van der Waals surface area contributed by atoms with Crippen molar-refractivity contribution in [3.63, 3.8) is 0 Å². The normalized spacial score (nSPS) is 10.7. The average Bonchev–Trinajstić information content (AvgIpc) is 3.06. The number of nitrogen functional groups attached to an aromatic ring is 1. The van der Waals surface area contributed by atoms with Crippen LogP contribution in [0.4, 0.5) is 5.82 Å². The summed E-state index contributed by atoms with van der Waals surface area (Å²) in [4.78, 5) is 11.9. The molecule has 0 unspecified atom stereocenters. The van der Waals surface area contributed by atoms with Gasteiger partial charge in [-0.2, -0.15) is 10.4 Å². The van der Waals surface area contributed by atoms with E-state index in [9.17, 15) is 10.1 Å². The zero-order valence-corrected chi connectivity index (χ0v) is 15.4. The van der Waals surface area contributed by atoms with Crippen molar-refractivity contribution >= 4 is 17.8 Å². The molecule has 0 fully saturated rings. The van der Waals surface area contributed by atoms with Gasteiger partial charge in [-0.1, -0.05) is 48.5 Å². The van der Waals surface area contributed by atoms with E-state index in [4.69, 9.17) is 5.73 Å². The van der Waals surface area contributed by atoms with E-state index in [1.165, 1.54) is 6.08 Å². The van der Waals surface area contributed by atoms with E-state index in [2.05, 4.69) is 16.5 Å². The third-order valence-corrected chi connectivity index (χ3v) is 4.22. The fourth-order valence-corrected chi connectivity index (χ4v) is 2.80. The number of para-hydroxylation sites is 1. The predicted molar refractivity (Wildman–Crippen MR) is 109 cm³/mol. The number of carbonyl (C=O) groups is 1. The van der Waals surface area contributed by atoms with E-state index in [1.54, 1.807) is 10.8 Å². The number of aryl methyl sites for hydroxylation is 1. The third kappa shape index (κ3) is 4.65. The Morgan fingerprint density at radius 1 is 1.14 bits per heavy atom. The summed E-state index contributed by atoms with van der Waals surface area (Å²) in [6.07, 6.45) is 4.49. The second kappa shape index (κ2) is 9.19. The maximum Gasteiger partial charge on any atom is 0.243 e. The minimum Gasteiger partial charge on any atom is -0.382 e. The van der Waals surface area contributed by atoms with Crippen LogP contribution in [0.3, 0.4) is 0 Å². The Hall–Kier alpha value is -3.85. The highest BCUT2D eigenvalue weighted by Gasteiger charge is 2.16. The van der Waals surface area contributed by atoms with Gasteiger partial charge in [-0.05, 0) is 36.6 Å². The fourth-order valence-electron chi connectivity index (χ4n) is 2.80. The monoisotopic (exact) mass is 371 g/mol. The molecule has 1 aromatic heterocycles. The molecule has 0 bridgehead atoms. The third-order valence-electron chi connectivity index (χ3n) is 4.22. The second-order valence-corrected chi connectivity index (χ2v) is 6.20. The van der Waals surface area contributed by atoms with Crippen LogP contribution in [0, 0.1) is 11.3 Å².